The van der Waals surface area contributed by atoms with Crippen LogP contribution in [0.4, 0.5) is 10.1 Å². The third-order valence-electron chi connectivity index (χ3n) is 15.3. The normalized spacial score (nSPS) is 32.1. The maximum absolute atomic E-state index is 17.7. The minimum Gasteiger partial charge on any atom is -0.481 e. The summed E-state index contributed by atoms with van der Waals surface area (Å²) in [6, 6.07) is 13.7. The van der Waals surface area contributed by atoms with E-state index >= 15 is 4.39 Å². The van der Waals surface area contributed by atoms with Crippen LogP contribution < -0.4 is 10.6 Å². The van der Waals surface area contributed by atoms with Crippen molar-refractivity contribution in [1.82, 2.24) is 5.32 Å². The number of carboxylic acids is 1. The molecule has 0 aromatic heterocycles. The summed E-state index contributed by atoms with van der Waals surface area (Å²) in [5.41, 5.74) is -2.42. The summed E-state index contributed by atoms with van der Waals surface area (Å²) < 4.78 is 31.0. The summed E-state index contributed by atoms with van der Waals surface area (Å²) in [5.74, 6) is -6.33. The summed E-state index contributed by atoms with van der Waals surface area (Å²) in [6.45, 7) is 5.84. The third kappa shape index (κ3) is 8.79. The Morgan fingerprint density at radius 1 is 0.985 bits per heavy atom. The first-order chi connectivity index (χ1) is 31.2. The van der Waals surface area contributed by atoms with Gasteiger partial charge in [-0.2, -0.15) is 0 Å². The summed E-state index contributed by atoms with van der Waals surface area (Å²) in [5, 5.41) is 36.7. The van der Waals surface area contributed by atoms with Crippen molar-refractivity contribution in [3.8, 4) is 0 Å². The lowest BCUT2D eigenvalue weighted by molar-refractivity contribution is -0.231. The molecular formula is C50H58BrFN2O12. The zero-order valence-electron chi connectivity index (χ0n) is 37.5. The number of carbonyl (C=O) groups is 7. The smallest absolute Gasteiger partial charge is 0.303 e. The highest BCUT2D eigenvalue weighted by Gasteiger charge is 2.79. The topological polar surface area (TPSA) is 223 Å². The SMILES string of the molecule is C[C@H](CC(=O)[C@H](C)NC(=O)[C@H](CCC(=O)O)CC(=O)CBr)C(=O)Nc1cccc(Cc2ccc([C@@H]3O[C@@H]4C[C@H]5[C@@H]6CCC7=CC(=O)C=C[C@]7(C)[C@@]6(F)[C@@H](O)C[C@]5(C)[C@]4(C(=O)CO)O3)cc2)c1. The molecular weight excluding hydrogens is 919 g/mol. The zero-order chi connectivity index (χ0) is 47.9. The maximum atomic E-state index is 17.7. The Balaban J connectivity index is 0.969. The van der Waals surface area contributed by atoms with E-state index in [9.17, 15) is 43.8 Å². The van der Waals surface area contributed by atoms with E-state index in [1.54, 1.807) is 32.1 Å². The average Bonchev–Trinajstić information content (AvgIpc) is 3.78. The van der Waals surface area contributed by atoms with Crippen molar-refractivity contribution in [3.63, 3.8) is 0 Å². The third-order valence-corrected chi connectivity index (χ3v) is 15.9. The van der Waals surface area contributed by atoms with Crippen LogP contribution in [0.15, 0.2) is 72.3 Å². The van der Waals surface area contributed by atoms with Gasteiger partial charge in [-0.3, -0.25) is 33.6 Å². The van der Waals surface area contributed by atoms with Crippen LogP contribution >= 0.6 is 15.9 Å². The quantitative estimate of drug-likeness (QED) is 0.111. The number of fused-ring (bicyclic) bond motifs is 7. The highest BCUT2D eigenvalue weighted by Crippen LogP contribution is 2.72. The van der Waals surface area contributed by atoms with Crippen LogP contribution in [0.2, 0.25) is 0 Å². The number of ketones is 4. The minimum absolute atomic E-state index is 0.0122. The molecule has 0 bridgehead atoms. The minimum atomic E-state index is -2.10. The fourth-order valence-corrected chi connectivity index (χ4v) is 11.9. The Bertz CT molecular complexity index is 2350. The number of allylic oxidation sites excluding steroid dienone is 4. The van der Waals surface area contributed by atoms with Gasteiger partial charge in [0.1, 0.15) is 12.4 Å². The predicted molar refractivity (Wildman–Crippen MR) is 242 cm³/mol. The van der Waals surface area contributed by atoms with E-state index in [1.165, 1.54) is 19.1 Å². The Labute approximate surface area is 391 Å². The van der Waals surface area contributed by atoms with Crippen molar-refractivity contribution < 1.29 is 62.7 Å². The molecule has 66 heavy (non-hydrogen) atoms. The largest absolute Gasteiger partial charge is 0.481 e. The molecule has 4 fully saturated rings. The Hall–Kier alpha value is -4.74. The fraction of sp³-hybridized carbons (Fsp3) is 0.540. The number of rotatable bonds is 18. The molecule has 0 radical (unpaired) electrons. The molecule has 2 aromatic carbocycles. The first-order valence-electron chi connectivity index (χ1n) is 22.6. The first-order valence-corrected chi connectivity index (χ1v) is 23.7. The molecule has 4 aliphatic carbocycles. The Morgan fingerprint density at radius 3 is 2.39 bits per heavy atom. The van der Waals surface area contributed by atoms with E-state index in [0.717, 1.165) is 11.1 Å². The molecule has 2 aromatic rings. The molecule has 3 saturated carbocycles. The van der Waals surface area contributed by atoms with Crippen LogP contribution in [-0.2, 0) is 49.5 Å². The molecule has 14 nitrogen and oxygen atoms in total. The lowest BCUT2D eigenvalue weighted by atomic mass is 9.44. The summed E-state index contributed by atoms with van der Waals surface area (Å²) >= 11 is 3.05. The number of amides is 2. The highest BCUT2D eigenvalue weighted by molar-refractivity contribution is 9.09. The van der Waals surface area contributed by atoms with Gasteiger partial charge in [-0.25, -0.2) is 4.39 Å². The fourth-order valence-electron chi connectivity index (χ4n) is 11.7. The first kappa shape index (κ1) is 49.2. The van der Waals surface area contributed by atoms with E-state index in [4.69, 9.17) is 14.6 Å². The van der Waals surface area contributed by atoms with E-state index in [-0.39, 0.29) is 55.4 Å². The number of Topliss-reactive ketones (excluding diaryl/α,β-unsaturated/α-hetero) is 3. The average molecular weight is 978 g/mol. The van der Waals surface area contributed by atoms with Gasteiger partial charge in [0.05, 0.1) is 23.6 Å². The van der Waals surface area contributed by atoms with Crippen LogP contribution in [0.1, 0.15) is 102 Å². The molecule has 354 valence electrons. The number of aliphatic hydroxyl groups excluding tert-OH is 2. The molecule has 1 saturated heterocycles. The number of alkyl halides is 2. The number of carbonyl (C=O) groups excluding carboxylic acids is 6. The molecule has 0 unspecified atom stereocenters. The number of hydrogen-bond donors (Lipinski definition) is 5. The molecule has 7 rings (SSSR count). The van der Waals surface area contributed by atoms with Crippen molar-refractivity contribution in [2.45, 2.75) is 121 Å². The number of aliphatic hydroxyl groups is 2. The number of benzene rings is 2. The second-order valence-electron chi connectivity index (χ2n) is 19.3. The van der Waals surface area contributed by atoms with E-state index in [0.29, 0.717) is 36.1 Å². The number of aliphatic carboxylic acids is 1. The number of halogens is 2. The van der Waals surface area contributed by atoms with Gasteiger partial charge < -0.3 is 35.4 Å². The summed E-state index contributed by atoms with van der Waals surface area (Å²) in [7, 11) is 0. The van der Waals surface area contributed by atoms with Crippen molar-refractivity contribution in [1.29, 1.82) is 0 Å². The van der Waals surface area contributed by atoms with Crippen LogP contribution in [0.25, 0.3) is 0 Å². The van der Waals surface area contributed by atoms with Gasteiger partial charge in [0, 0.05) is 59.1 Å². The number of hydrogen-bond acceptors (Lipinski definition) is 11. The second kappa shape index (κ2) is 19.1. The van der Waals surface area contributed by atoms with Crippen molar-refractivity contribution >= 4 is 62.5 Å². The standard InChI is InChI=1S/C50H58BrFN2O12/c1-27(18-39(58)28(2)53-45(64)32(12-15-43(61)62)21-36(57)25-51)44(63)54-34-7-5-6-30(20-34)19-29-8-10-31(11-9-29)46-65-42-23-38-37-14-13-33-22-35(56)16-17-47(33,3)49(37,52)40(59)24-48(38,4)50(42,66-46)41(60)26-55/h5-11,16-17,20,22,27-28,32,37-38,40,42,46,55,59H,12-15,18-19,21,23-26H2,1-4H3,(H,53,64)(H,54,63)(H,61,62)/t27-,28+,32-,37+,38+,40+,42-,46-,47+,48+,49+,50-/m1/s1. The van der Waals surface area contributed by atoms with Gasteiger partial charge >= 0.3 is 5.97 Å². The molecule has 12 atom stereocenters. The van der Waals surface area contributed by atoms with Crippen LogP contribution in [0, 0.1) is 34.5 Å². The van der Waals surface area contributed by atoms with E-state index in [2.05, 4.69) is 26.6 Å². The molecule has 0 spiro atoms. The van der Waals surface area contributed by atoms with Gasteiger partial charge in [-0.1, -0.05) is 77.8 Å². The van der Waals surface area contributed by atoms with Crippen LogP contribution in [0.5, 0.6) is 0 Å². The number of nitrogens with one attached hydrogen (secondary N) is 2. The Kier molecular flexibility index (Phi) is 14.2. The summed E-state index contributed by atoms with van der Waals surface area (Å²) in [4.78, 5) is 88.4. The van der Waals surface area contributed by atoms with Gasteiger partial charge in [-0.15, -0.1) is 0 Å². The van der Waals surface area contributed by atoms with Crippen molar-refractivity contribution in [2.24, 2.45) is 34.5 Å². The monoisotopic (exact) mass is 976 g/mol. The number of ether oxygens (including phenoxy) is 2. The van der Waals surface area contributed by atoms with E-state index in [1.807, 2.05) is 43.3 Å². The number of carboxylic acid groups (broad SMARTS) is 1. The van der Waals surface area contributed by atoms with Crippen LogP contribution in [-0.4, -0.2) is 97.7 Å². The molecule has 1 aliphatic heterocycles. The summed E-state index contributed by atoms with van der Waals surface area (Å²) in [6.07, 6.45) is 1.95. The van der Waals surface area contributed by atoms with Gasteiger partial charge in [0.25, 0.3) is 0 Å². The van der Waals surface area contributed by atoms with E-state index < -0.39 is 106 Å². The van der Waals surface area contributed by atoms with Crippen molar-refractivity contribution in [2.75, 3.05) is 17.3 Å². The van der Waals surface area contributed by atoms with Gasteiger partial charge in [0.15, 0.2) is 34.9 Å². The highest BCUT2D eigenvalue weighted by atomic mass is 79.9. The van der Waals surface area contributed by atoms with Crippen molar-refractivity contribution in [3.05, 3.63) is 89.0 Å². The molecule has 5 N–H and O–H groups in total. The lowest BCUT2D eigenvalue weighted by Gasteiger charge is -2.62. The van der Waals surface area contributed by atoms with Gasteiger partial charge in [0.2, 0.25) is 11.8 Å². The second-order valence-corrected chi connectivity index (χ2v) is 19.9. The lowest BCUT2D eigenvalue weighted by Crippen LogP contribution is -2.69. The molecule has 16 heteroatoms. The maximum Gasteiger partial charge on any atom is 0.303 e. The molecule has 2 amide bonds. The van der Waals surface area contributed by atoms with Gasteiger partial charge in [-0.05, 0) is 93.7 Å². The molecule has 1 heterocycles. The predicted octanol–water partition coefficient (Wildman–Crippen LogP) is 5.85. The zero-order valence-corrected chi connectivity index (χ0v) is 39.1. The number of anilines is 1. The Morgan fingerprint density at radius 2 is 1.71 bits per heavy atom. The molecule has 5 aliphatic rings. The van der Waals surface area contributed by atoms with Crippen LogP contribution in [0.3, 0.4) is 0 Å².